The van der Waals surface area contributed by atoms with E-state index in [0.717, 1.165) is 0 Å². The van der Waals surface area contributed by atoms with Crippen LogP contribution in [0.1, 0.15) is 0 Å². The summed E-state index contributed by atoms with van der Waals surface area (Å²) in [5.74, 6) is -1.47. The molecule has 0 spiro atoms. The minimum absolute atomic E-state index is 0.0493. The number of aromatic nitrogens is 1. The summed E-state index contributed by atoms with van der Waals surface area (Å²) in [7, 11) is -3.80. The van der Waals surface area contributed by atoms with Crippen LogP contribution in [-0.4, -0.2) is 34.3 Å². The van der Waals surface area contributed by atoms with Crippen LogP contribution in [0.3, 0.4) is 0 Å². The number of aromatic hydroxyl groups is 1. The van der Waals surface area contributed by atoms with Crippen molar-refractivity contribution in [2.24, 2.45) is 15.4 Å². The predicted octanol–water partition coefficient (Wildman–Crippen LogP) is 2.56. The van der Waals surface area contributed by atoms with Gasteiger partial charge in [-0.1, -0.05) is 18.2 Å². The van der Waals surface area contributed by atoms with Gasteiger partial charge in [-0.15, -0.1) is 10.2 Å². The Hall–Kier alpha value is -3.35. The van der Waals surface area contributed by atoms with E-state index < -0.39 is 22.5 Å². The number of carboxylic acid groups (broad SMARTS) is 1. The Morgan fingerprint density at radius 1 is 1.17 bits per heavy atom. The van der Waals surface area contributed by atoms with E-state index in [-0.39, 0.29) is 21.6 Å². The third-order valence-electron chi connectivity index (χ3n) is 3.89. The van der Waals surface area contributed by atoms with Crippen molar-refractivity contribution < 1.29 is 23.4 Å². The lowest BCUT2D eigenvalue weighted by Crippen LogP contribution is -2.12. The van der Waals surface area contributed by atoms with Crippen LogP contribution in [0.2, 0.25) is 0 Å². The molecule has 0 atom stereocenters. The second-order valence-corrected chi connectivity index (χ2v) is 7.82. The van der Waals surface area contributed by atoms with Crippen LogP contribution in [0, 0.1) is 0 Å². The Balaban J connectivity index is 1.84. The fourth-order valence-corrected chi connectivity index (χ4v) is 3.31. The molecular formula is C17H15N5O5S2. The van der Waals surface area contributed by atoms with Crippen molar-refractivity contribution in [1.29, 1.82) is 0 Å². The number of nitrogens with zero attached hydrogens (tertiary/aromatic N) is 3. The lowest BCUT2D eigenvalue weighted by Gasteiger charge is -2.04. The first-order chi connectivity index (χ1) is 13.7. The number of carboxylic acids is 1. The molecule has 3 aromatic rings. The van der Waals surface area contributed by atoms with Crippen LogP contribution < -0.4 is 10.5 Å². The van der Waals surface area contributed by atoms with E-state index in [1.807, 2.05) is 0 Å². The Morgan fingerprint density at radius 3 is 2.45 bits per heavy atom. The average molecular weight is 433 g/mol. The number of hydrogen-bond acceptors (Lipinski definition) is 6. The van der Waals surface area contributed by atoms with Crippen molar-refractivity contribution >= 4 is 55.6 Å². The van der Waals surface area contributed by atoms with Crippen LogP contribution in [0.5, 0.6) is 5.88 Å². The molecular weight excluding hydrogens is 418 g/mol. The van der Waals surface area contributed by atoms with Crippen molar-refractivity contribution in [3.8, 4) is 5.88 Å². The second kappa shape index (κ2) is 7.95. The van der Waals surface area contributed by atoms with Gasteiger partial charge in [0.05, 0.1) is 10.4 Å². The van der Waals surface area contributed by atoms with Gasteiger partial charge in [0.25, 0.3) is 0 Å². The molecule has 0 saturated heterocycles. The third kappa shape index (κ3) is 4.56. The summed E-state index contributed by atoms with van der Waals surface area (Å²) < 4.78 is 23.7. The van der Waals surface area contributed by atoms with Crippen LogP contribution in [0.4, 0.5) is 11.4 Å². The predicted molar refractivity (Wildman–Crippen MR) is 110 cm³/mol. The number of fused-ring (bicyclic) bond motifs is 1. The fraction of sp³-hybridized carbons (Fsp3) is 0.0588. The lowest BCUT2D eigenvalue weighted by atomic mass is 10.2. The van der Waals surface area contributed by atoms with Gasteiger partial charge < -0.3 is 15.5 Å². The van der Waals surface area contributed by atoms with Gasteiger partial charge in [0, 0.05) is 11.1 Å². The highest BCUT2D eigenvalue weighted by molar-refractivity contribution is 7.89. The van der Waals surface area contributed by atoms with E-state index in [1.165, 1.54) is 28.8 Å². The summed E-state index contributed by atoms with van der Waals surface area (Å²) in [5, 5.41) is 35.5. The molecule has 1 heterocycles. The SMILES string of the molecule is NS(=O)(=O)c1ccc(NC(=S)N=Nc2c(O)n(CC(=O)O)c3ccccc23)cc1. The van der Waals surface area contributed by atoms with E-state index >= 15 is 0 Å². The largest absolute Gasteiger partial charge is 0.493 e. The molecule has 1 aromatic heterocycles. The first kappa shape index (κ1) is 20.4. The highest BCUT2D eigenvalue weighted by atomic mass is 32.2. The van der Waals surface area contributed by atoms with Crippen molar-refractivity contribution in [2.75, 3.05) is 5.32 Å². The maximum absolute atomic E-state index is 11.3. The smallest absolute Gasteiger partial charge is 0.323 e. The maximum Gasteiger partial charge on any atom is 0.323 e. The minimum Gasteiger partial charge on any atom is -0.493 e. The van der Waals surface area contributed by atoms with Crippen molar-refractivity contribution in [1.82, 2.24) is 4.57 Å². The average Bonchev–Trinajstić information content (AvgIpc) is 2.91. The molecule has 10 nitrogen and oxygen atoms in total. The molecule has 2 aromatic carbocycles. The van der Waals surface area contributed by atoms with E-state index in [9.17, 15) is 18.3 Å². The lowest BCUT2D eigenvalue weighted by molar-refractivity contribution is -0.137. The van der Waals surface area contributed by atoms with E-state index in [2.05, 4.69) is 15.5 Å². The number of anilines is 1. The molecule has 3 rings (SSSR count). The Bertz CT molecular complexity index is 1230. The number of hydrogen-bond donors (Lipinski definition) is 4. The van der Waals surface area contributed by atoms with Gasteiger partial charge in [-0.3, -0.25) is 9.36 Å². The summed E-state index contributed by atoms with van der Waals surface area (Å²) in [5.41, 5.74) is 1.02. The normalized spacial score (nSPS) is 11.8. The fourth-order valence-electron chi connectivity index (χ4n) is 2.64. The van der Waals surface area contributed by atoms with Crippen molar-refractivity contribution in [3.05, 3.63) is 48.5 Å². The number of carbonyl (C=O) groups is 1. The molecule has 0 aliphatic carbocycles. The first-order valence-corrected chi connectivity index (χ1v) is 10.00. The second-order valence-electron chi connectivity index (χ2n) is 5.87. The molecule has 0 aliphatic heterocycles. The summed E-state index contributed by atoms with van der Waals surface area (Å²) in [6.45, 7) is -0.443. The Labute approximate surface area is 170 Å². The zero-order chi connectivity index (χ0) is 21.2. The zero-order valence-electron chi connectivity index (χ0n) is 14.7. The topological polar surface area (TPSA) is 159 Å². The Morgan fingerprint density at radius 2 is 1.83 bits per heavy atom. The van der Waals surface area contributed by atoms with Gasteiger partial charge in [0.15, 0.2) is 5.69 Å². The monoisotopic (exact) mass is 433 g/mol. The highest BCUT2D eigenvalue weighted by Gasteiger charge is 2.18. The highest BCUT2D eigenvalue weighted by Crippen LogP contribution is 2.38. The summed E-state index contributed by atoms with van der Waals surface area (Å²) in [6.07, 6.45) is 0. The van der Waals surface area contributed by atoms with Gasteiger partial charge in [0.2, 0.25) is 21.0 Å². The minimum atomic E-state index is -3.80. The van der Waals surface area contributed by atoms with Gasteiger partial charge in [-0.25, -0.2) is 13.6 Å². The van der Waals surface area contributed by atoms with Crippen LogP contribution in [0.25, 0.3) is 10.9 Å². The molecule has 0 aliphatic rings. The molecule has 0 bridgehead atoms. The zero-order valence-corrected chi connectivity index (χ0v) is 16.3. The quantitative estimate of drug-likeness (QED) is 0.355. The number of sulfonamides is 1. The number of para-hydroxylation sites is 1. The van der Waals surface area contributed by atoms with Gasteiger partial charge in [-0.05, 0) is 42.5 Å². The molecule has 0 fully saturated rings. The first-order valence-electron chi connectivity index (χ1n) is 8.04. The standard InChI is InChI=1S/C17H15N5O5S2/c18-29(26,27)11-7-5-10(6-8-11)19-17(28)21-20-15-12-3-1-2-4-13(12)22(16(15)25)9-14(23)24/h1-8,25H,9H2,(H,19,28)(H,23,24)(H2,18,26,27). The Kier molecular flexibility index (Phi) is 5.59. The number of nitrogens with one attached hydrogen (secondary N) is 1. The number of aliphatic carboxylic acids is 1. The number of rotatable bonds is 5. The summed E-state index contributed by atoms with van der Waals surface area (Å²) in [6, 6.07) is 12.3. The van der Waals surface area contributed by atoms with Crippen LogP contribution in [-0.2, 0) is 21.4 Å². The van der Waals surface area contributed by atoms with Crippen molar-refractivity contribution in [3.63, 3.8) is 0 Å². The van der Waals surface area contributed by atoms with Gasteiger partial charge in [0.1, 0.15) is 6.54 Å². The molecule has 0 unspecified atom stereocenters. The molecule has 29 heavy (non-hydrogen) atoms. The number of thiocarbonyl (C=S) groups is 1. The number of nitrogens with two attached hydrogens (primary N) is 1. The van der Waals surface area contributed by atoms with Crippen LogP contribution >= 0.6 is 12.2 Å². The third-order valence-corrected chi connectivity index (χ3v) is 5.00. The molecule has 0 radical (unpaired) electrons. The maximum atomic E-state index is 11.3. The molecule has 0 saturated carbocycles. The number of benzene rings is 2. The van der Waals surface area contributed by atoms with E-state index in [4.69, 9.17) is 22.5 Å². The van der Waals surface area contributed by atoms with Gasteiger partial charge in [-0.2, -0.15) is 0 Å². The molecule has 12 heteroatoms. The molecule has 0 amide bonds. The summed E-state index contributed by atoms with van der Waals surface area (Å²) in [4.78, 5) is 11.0. The van der Waals surface area contributed by atoms with Gasteiger partial charge >= 0.3 is 5.97 Å². The van der Waals surface area contributed by atoms with E-state index in [1.54, 1.807) is 24.3 Å². The van der Waals surface area contributed by atoms with Crippen LogP contribution in [0.15, 0.2) is 63.7 Å². The summed E-state index contributed by atoms with van der Waals surface area (Å²) >= 11 is 5.09. The molecule has 5 N–H and O–H groups in total. The molecule has 150 valence electrons. The number of primary sulfonamides is 1. The number of azo groups is 1. The van der Waals surface area contributed by atoms with E-state index in [0.29, 0.717) is 16.6 Å². The van der Waals surface area contributed by atoms with Crippen molar-refractivity contribution in [2.45, 2.75) is 11.4 Å².